The number of allylic oxidation sites excluding steroid dienone is 12. The van der Waals surface area contributed by atoms with Gasteiger partial charge in [-0.25, -0.2) is 0 Å². The maximum absolute atomic E-state index is 3.94. The average Bonchev–Trinajstić information content (AvgIpc) is 3.79. The van der Waals surface area contributed by atoms with Crippen molar-refractivity contribution in [2.24, 2.45) is 0 Å². The molecule has 56 heavy (non-hydrogen) atoms. The smallest absolute Gasteiger partial charge is 0.0707 e. The number of benzene rings is 5. The van der Waals surface area contributed by atoms with E-state index in [9.17, 15) is 0 Å². The molecule has 3 heterocycles. The Balaban J connectivity index is 0.925. The molecule has 0 saturated carbocycles. The lowest BCUT2D eigenvalue weighted by Gasteiger charge is -2.32. The van der Waals surface area contributed by atoms with Crippen molar-refractivity contribution in [2.45, 2.75) is 43.2 Å². The van der Waals surface area contributed by atoms with Gasteiger partial charge in [-0.1, -0.05) is 140 Å². The lowest BCUT2D eigenvalue weighted by Crippen LogP contribution is -2.29. The van der Waals surface area contributed by atoms with Crippen molar-refractivity contribution in [2.75, 3.05) is 9.80 Å². The van der Waals surface area contributed by atoms with Crippen LogP contribution in [0.1, 0.15) is 59.4 Å². The minimum atomic E-state index is 0.0475. The Morgan fingerprint density at radius 3 is 2.25 bits per heavy atom. The quantitative estimate of drug-likeness (QED) is 0.188. The lowest BCUT2D eigenvalue weighted by atomic mass is 9.82. The van der Waals surface area contributed by atoms with Gasteiger partial charge in [-0.3, -0.25) is 0 Å². The number of hydrogen-bond donors (Lipinski definition) is 1. The summed E-state index contributed by atoms with van der Waals surface area (Å²) in [4.78, 5) is 5.04. The van der Waals surface area contributed by atoms with Crippen molar-refractivity contribution in [3.8, 4) is 0 Å². The van der Waals surface area contributed by atoms with Crippen LogP contribution in [-0.2, 0) is 0 Å². The van der Waals surface area contributed by atoms with E-state index in [0.29, 0.717) is 5.92 Å². The van der Waals surface area contributed by atoms with E-state index >= 15 is 0 Å². The molecule has 3 aliphatic carbocycles. The Kier molecular flexibility index (Phi) is 7.98. The van der Waals surface area contributed by atoms with E-state index in [0.717, 1.165) is 19.3 Å². The summed E-state index contributed by atoms with van der Waals surface area (Å²) in [5.74, 6) is 0.613. The van der Waals surface area contributed by atoms with Gasteiger partial charge in [0.25, 0.3) is 0 Å². The summed E-state index contributed by atoms with van der Waals surface area (Å²) in [6.45, 7) is 0. The number of hydrogen-bond acceptors (Lipinski definition) is 3. The highest BCUT2D eigenvalue weighted by molar-refractivity contribution is 5.81. The minimum Gasteiger partial charge on any atom is -0.374 e. The molecule has 4 atom stereocenters. The summed E-state index contributed by atoms with van der Waals surface area (Å²) in [5, 5.41) is 3.94. The molecule has 0 bridgehead atoms. The molecule has 5 aromatic rings. The molecule has 0 fully saturated rings. The lowest BCUT2D eigenvalue weighted by molar-refractivity contribution is 0.701. The molecule has 270 valence electrons. The van der Waals surface area contributed by atoms with Gasteiger partial charge in [0.2, 0.25) is 0 Å². The van der Waals surface area contributed by atoms with Crippen LogP contribution in [0.2, 0.25) is 0 Å². The largest absolute Gasteiger partial charge is 0.374 e. The molecule has 1 N–H and O–H groups in total. The Labute approximate surface area is 330 Å². The Morgan fingerprint density at radius 2 is 1.41 bits per heavy atom. The molecule has 3 nitrogen and oxygen atoms in total. The van der Waals surface area contributed by atoms with Crippen molar-refractivity contribution in [1.29, 1.82) is 0 Å². The summed E-state index contributed by atoms with van der Waals surface area (Å²) in [5.41, 5.74) is 18.2. The van der Waals surface area contributed by atoms with Crippen molar-refractivity contribution < 1.29 is 0 Å². The predicted molar refractivity (Wildman–Crippen MR) is 232 cm³/mol. The van der Waals surface area contributed by atoms with Crippen LogP contribution in [0, 0.1) is 0 Å². The monoisotopic (exact) mass is 721 g/mol. The molecular formula is C53H43N3. The molecule has 0 aromatic heterocycles. The Bertz CT molecular complexity index is 2610. The molecule has 0 saturated heterocycles. The second-order valence-electron chi connectivity index (χ2n) is 15.6. The first kappa shape index (κ1) is 32.8. The van der Waals surface area contributed by atoms with Gasteiger partial charge in [0.1, 0.15) is 0 Å². The van der Waals surface area contributed by atoms with Gasteiger partial charge in [0, 0.05) is 46.0 Å². The van der Waals surface area contributed by atoms with Crippen molar-refractivity contribution in [3.05, 3.63) is 245 Å². The molecule has 5 aromatic carbocycles. The van der Waals surface area contributed by atoms with Gasteiger partial charge in [0.05, 0.1) is 12.1 Å². The molecule has 11 rings (SSSR count). The molecule has 0 radical (unpaired) electrons. The van der Waals surface area contributed by atoms with Crippen LogP contribution >= 0.6 is 0 Å². The normalized spacial score (nSPS) is 23.0. The molecule has 3 aliphatic heterocycles. The number of nitrogens with zero attached hydrogens (tertiary/aromatic N) is 2. The topological polar surface area (TPSA) is 18.5 Å². The van der Waals surface area contributed by atoms with E-state index in [1.165, 1.54) is 78.7 Å². The van der Waals surface area contributed by atoms with Gasteiger partial charge in [-0.2, -0.15) is 0 Å². The van der Waals surface area contributed by atoms with Crippen LogP contribution in [0.3, 0.4) is 0 Å². The number of fused-ring (bicyclic) bond motifs is 6. The van der Waals surface area contributed by atoms with Crippen molar-refractivity contribution in [1.82, 2.24) is 5.32 Å². The summed E-state index contributed by atoms with van der Waals surface area (Å²) >= 11 is 0. The van der Waals surface area contributed by atoms with E-state index in [2.05, 4.69) is 209 Å². The minimum absolute atomic E-state index is 0.0475. The van der Waals surface area contributed by atoms with Crippen LogP contribution in [0.25, 0.3) is 5.57 Å². The van der Waals surface area contributed by atoms with E-state index in [4.69, 9.17) is 0 Å². The SMILES string of the molecule is C1=CCCC(C2=CC(c3ccccc3)=C[C@H](c3cccc(N4c5ccccc5C5C=C(C6=CCC7C(=C6)N(c6ccccc6)c6ccccc67)C=CC54)c3)N2)=C1. The van der Waals surface area contributed by atoms with Crippen molar-refractivity contribution >= 4 is 28.3 Å². The first-order chi connectivity index (χ1) is 27.8. The van der Waals surface area contributed by atoms with Crippen molar-refractivity contribution in [3.63, 3.8) is 0 Å². The fourth-order valence-electron chi connectivity index (χ4n) is 9.73. The second-order valence-corrected chi connectivity index (χ2v) is 15.6. The zero-order valence-corrected chi connectivity index (χ0v) is 31.3. The van der Waals surface area contributed by atoms with Crippen LogP contribution in [0.4, 0.5) is 22.7 Å². The number of anilines is 4. The Morgan fingerprint density at radius 1 is 0.643 bits per heavy atom. The highest BCUT2D eigenvalue weighted by Crippen LogP contribution is 2.53. The third kappa shape index (κ3) is 5.57. The fourth-order valence-corrected chi connectivity index (χ4v) is 9.73. The maximum atomic E-state index is 3.94. The first-order valence-corrected chi connectivity index (χ1v) is 20.1. The van der Waals surface area contributed by atoms with Gasteiger partial charge in [-0.05, 0) is 118 Å². The van der Waals surface area contributed by atoms with Gasteiger partial charge in [0.15, 0.2) is 0 Å². The molecule has 0 spiro atoms. The average molecular weight is 722 g/mol. The molecule has 6 aliphatic rings. The summed E-state index contributed by atoms with van der Waals surface area (Å²) in [7, 11) is 0. The predicted octanol–water partition coefficient (Wildman–Crippen LogP) is 12.8. The van der Waals surface area contributed by atoms with Crippen LogP contribution < -0.4 is 15.1 Å². The Hall–Kier alpha value is -6.58. The molecule has 3 heteroatoms. The highest BCUT2D eigenvalue weighted by atomic mass is 15.2. The number of rotatable bonds is 6. The number of dihydropyridines is 1. The third-order valence-corrected chi connectivity index (χ3v) is 12.4. The van der Waals surface area contributed by atoms with Crippen LogP contribution in [0.5, 0.6) is 0 Å². The second kappa shape index (κ2) is 13.6. The third-order valence-electron chi connectivity index (χ3n) is 12.4. The van der Waals surface area contributed by atoms with Crippen LogP contribution in [-0.4, -0.2) is 6.04 Å². The summed E-state index contributed by atoms with van der Waals surface area (Å²) in [6, 6.07) is 49.0. The first-order valence-electron chi connectivity index (χ1n) is 20.1. The molecule has 0 amide bonds. The fraction of sp³-hybridized carbons (Fsp3) is 0.132. The van der Waals surface area contributed by atoms with E-state index in [1.54, 1.807) is 0 Å². The van der Waals surface area contributed by atoms with Gasteiger partial charge >= 0.3 is 0 Å². The van der Waals surface area contributed by atoms with E-state index in [1.807, 2.05) is 0 Å². The zero-order valence-electron chi connectivity index (χ0n) is 31.3. The summed E-state index contributed by atoms with van der Waals surface area (Å²) < 4.78 is 0. The van der Waals surface area contributed by atoms with Gasteiger partial charge in [-0.15, -0.1) is 0 Å². The molecule has 3 unspecified atom stereocenters. The standard InChI is InChI=1S/C53H43N3/c1-4-15-36(16-5-1)41-33-48(37-17-6-2-7-18-37)54-49(34-41)40-19-14-22-43(31-40)56-51-26-13-11-24-45(51)47-32-38(28-30-52(47)56)39-27-29-46-44-23-10-12-25-50(44)55(53(46)35-39)42-20-8-3-9-21-42/h1-6,8-17,19-28,30-35,46-47,49,52,54H,7,18,29H2/t46?,47?,49-,52?/m1/s1. The maximum Gasteiger partial charge on any atom is 0.0707 e. The van der Waals surface area contributed by atoms with Crippen LogP contribution in [0.15, 0.2) is 222 Å². The van der Waals surface area contributed by atoms with E-state index < -0.39 is 0 Å². The molecular weight excluding hydrogens is 679 g/mol. The number of nitrogens with one attached hydrogen (secondary N) is 1. The summed E-state index contributed by atoms with van der Waals surface area (Å²) in [6.07, 6.45) is 26.9. The van der Waals surface area contributed by atoms with Gasteiger partial charge < -0.3 is 15.1 Å². The van der Waals surface area contributed by atoms with E-state index in [-0.39, 0.29) is 18.0 Å². The highest BCUT2D eigenvalue weighted by Gasteiger charge is 2.40. The zero-order chi connectivity index (χ0) is 37.0. The number of para-hydroxylation sites is 3.